The Bertz CT molecular complexity index is 677. The molecule has 20 heavy (non-hydrogen) atoms. The number of aryl methyl sites for hydroxylation is 1. The summed E-state index contributed by atoms with van der Waals surface area (Å²) in [6, 6.07) is 8.97. The van der Waals surface area contributed by atoms with E-state index in [1.165, 1.54) is 24.3 Å². The molecule has 2 aromatic carbocycles. The smallest absolute Gasteiger partial charge is 0.238 e. The summed E-state index contributed by atoms with van der Waals surface area (Å²) in [6.07, 6.45) is -0.347. The van der Waals surface area contributed by atoms with Gasteiger partial charge in [0.05, 0.1) is 0 Å². The van der Waals surface area contributed by atoms with Crippen molar-refractivity contribution >= 4 is 5.78 Å². The normalized spacial score (nSPS) is 16.2. The van der Waals surface area contributed by atoms with E-state index in [4.69, 9.17) is 9.47 Å². The third-order valence-corrected chi connectivity index (χ3v) is 3.23. The van der Waals surface area contributed by atoms with Gasteiger partial charge in [0.2, 0.25) is 6.29 Å². The molecule has 0 radical (unpaired) electrons. The number of benzene rings is 2. The summed E-state index contributed by atoms with van der Waals surface area (Å²) in [5, 5.41) is 0. The first-order valence-electron chi connectivity index (χ1n) is 6.33. The van der Waals surface area contributed by atoms with E-state index < -0.39 is 0 Å². The molecule has 0 saturated heterocycles. The minimum Gasteiger partial charge on any atom is -0.451 e. The Morgan fingerprint density at radius 1 is 1.10 bits per heavy atom. The molecule has 0 N–H and O–H groups in total. The number of carbonyl (C=O) groups excluding carboxylic acids is 1. The number of halogens is 1. The molecule has 0 saturated carbocycles. The fraction of sp³-hybridized carbons (Fsp3) is 0.188. The molecule has 1 aliphatic heterocycles. The van der Waals surface area contributed by atoms with E-state index >= 15 is 0 Å². The van der Waals surface area contributed by atoms with Crippen LogP contribution in [0.15, 0.2) is 36.4 Å². The summed E-state index contributed by atoms with van der Waals surface area (Å²) in [7, 11) is 0. The SMILES string of the molecule is Cc1cc2c(cc1C(=O)c1ccc(F)cc1)OC(C)O2. The summed E-state index contributed by atoms with van der Waals surface area (Å²) in [4.78, 5) is 12.4. The second kappa shape index (κ2) is 4.63. The van der Waals surface area contributed by atoms with Gasteiger partial charge in [-0.05, 0) is 48.9 Å². The van der Waals surface area contributed by atoms with Crippen LogP contribution in [-0.2, 0) is 0 Å². The van der Waals surface area contributed by atoms with Crippen LogP contribution in [0.1, 0.15) is 28.4 Å². The Morgan fingerprint density at radius 3 is 2.35 bits per heavy atom. The van der Waals surface area contributed by atoms with Crippen LogP contribution in [0.2, 0.25) is 0 Å². The van der Waals surface area contributed by atoms with Gasteiger partial charge in [0.25, 0.3) is 0 Å². The van der Waals surface area contributed by atoms with E-state index in [9.17, 15) is 9.18 Å². The lowest BCUT2D eigenvalue weighted by Crippen LogP contribution is -2.11. The Morgan fingerprint density at radius 2 is 1.70 bits per heavy atom. The molecular formula is C16H13FO3. The van der Waals surface area contributed by atoms with Gasteiger partial charge in [-0.2, -0.15) is 0 Å². The molecule has 102 valence electrons. The Kier molecular flexibility index (Phi) is 2.93. The zero-order valence-corrected chi connectivity index (χ0v) is 11.1. The van der Waals surface area contributed by atoms with Crippen LogP contribution in [0.5, 0.6) is 11.5 Å². The second-order valence-corrected chi connectivity index (χ2v) is 4.75. The third kappa shape index (κ3) is 2.13. The highest BCUT2D eigenvalue weighted by atomic mass is 19.1. The third-order valence-electron chi connectivity index (χ3n) is 3.23. The Hall–Kier alpha value is -2.36. The molecule has 1 atom stereocenters. The number of ether oxygens (including phenoxy) is 2. The lowest BCUT2D eigenvalue weighted by molar-refractivity contribution is 0.0678. The fourth-order valence-electron chi connectivity index (χ4n) is 2.23. The Balaban J connectivity index is 2.00. The molecule has 2 aromatic rings. The monoisotopic (exact) mass is 272 g/mol. The van der Waals surface area contributed by atoms with Crippen LogP contribution >= 0.6 is 0 Å². The molecule has 4 heteroatoms. The highest BCUT2D eigenvalue weighted by Crippen LogP contribution is 2.37. The van der Waals surface area contributed by atoms with E-state index in [0.29, 0.717) is 22.6 Å². The van der Waals surface area contributed by atoms with Gasteiger partial charge in [0.1, 0.15) is 5.82 Å². The summed E-state index contributed by atoms with van der Waals surface area (Å²) in [5.74, 6) is 0.686. The largest absolute Gasteiger partial charge is 0.451 e. The van der Waals surface area contributed by atoms with Crippen molar-refractivity contribution in [3.8, 4) is 11.5 Å². The van der Waals surface area contributed by atoms with Gasteiger partial charge in [-0.1, -0.05) is 0 Å². The molecule has 0 fully saturated rings. The van der Waals surface area contributed by atoms with Crippen LogP contribution in [0.3, 0.4) is 0 Å². The molecule has 0 amide bonds. The van der Waals surface area contributed by atoms with Gasteiger partial charge >= 0.3 is 0 Å². The van der Waals surface area contributed by atoms with Crippen molar-refractivity contribution in [2.24, 2.45) is 0 Å². The topological polar surface area (TPSA) is 35.5 Å². The summed E-state index contributed by atoms with van der Waals surface area (Å²) >= 11 is 0. The van der Waals surface area contributed by atoms with Crippen molar-refractivity contribution in [2.45, 2.75) is 20.1 Å². The van der Waals surface area contributed by atoms with Crippen molar-refractivity contribution < 1.29 is 18.7 Å². The van der Waals surface area contributed by atoms with Crippen molar-refractivity contribution in [3.63, 3.8) is 0 Å². The van der Waals surface area contributed by atoms with E-state index in [1.807, 2.05) is 6.92 Å². The van der Waals surface area contributed by atoms with Crippen LogP contribution in [0, 0.1) is 12.7 Å². The molecule has 0 aromatic heterocycles. The molecule has 1 heterocycles. The van der Waals surface area contributed by atoms with Crippen molar-refractivity contribution in [2.75, 3.05) is 0 Å². The van der Waals surface area contributed by atoms with Crippen LogP contribution in [0.4, 0.5) is 4.39 Å². The van der Waals surface area contributed by atoms with Crippen LogP contribution in [0.25, 0.3) is 0 Å². The van der Waals surface area contributed by atoms with Gasteiger partial charge in [-0.15, -0.1) is 0 Å². The predicted molar refractivity (Wildman–Crippen MR) is 71.7 cm³/mol. The second-order valence-electron chi connectivity index (χ2n) is 4.75. The molecule has 1 unspecified atom stereocenters. The number of hydrogen-bond donors (Lipinski definition) is 0. The summed E-state index contributed by atoms with van der Waals surface area (Å²) in [6.45, 7) is 3.63. The highest BCUT2D eigenvalue weighted by Gasteiger charge is 2.23. The first kappa shape index (κ1) is 12.7. The fourth-order valence-corrected chi connectivity index (χ4v) is 2.23. The van der Waals surface area contributed by atoms with Crippen LogP contribution in [-0.4, -0.2) is 12.1 Å². The molecule has 3 nitrogen and oxygen atoms in total. The molecule has 0 bridgehead atoms. The molecular weight excluding hydrogens is 259 g/mol. The first-order valence-corrected chi connectivity index (χ1v) is 6.33. The van der Waals surface area contributed by atoms with Crippen LogP contribution < -0.4 is 9.47 Å². The van der Waals surface area contributed by atoms with E-state index in [2.05, 4.69) is 0 Å². The first-order chi connectivity index (χ1) is 9.54. The van der Waals surface area contributed by atoms with Crippen molar-refractivity contribution in [1.29, 1.82) is 0 Å². The average Bonchev–Trinajstić information content (AvgIpc) is 2.77. The highest BCUT2D eigenvalue weighted by molar-refractivity contribution is 6.10. The summed E-state index contributed by atoms with van der Waals surface area (Å²) in [5.41, 5.74) is 1.78. The van der Waals surface area contributed by atoms with E-state index in [-0.39, 0.29) is 17.9 Å². The maximum absolute atomic E-state index is 12.9. The number of hydrogen-bond acceptors (Lipinski definition) is 3. The lowest BCUT2D eigenvalue weighted by Gasteiger charge is -2.07. The average molecular weight is 272 g/mol. The van der Waals surface area contributed by atoms with E-state index in [1.54, 1.807) is 19.1 Å². The van der Waals surface area contributed by atoms with Gasteiger partial charge in [0.15, 0.2) is 17.3 Å². The maximum atomic E-state index is 12.9. The lowest BCUT2D eigenvalue weighted by atomic mass is 9.98. The van der Waals surface area contributed by atoms with Crippen molar-refractivity contribution in [3.05, 3.63) is 58.9 Å². The van der Waals surface area contributed by atoms with Gasteiger partial charge < -0.3 is 9.47 Å². The zero-order chi connectivity index (χ0) is 14.3. The number of fused-ring (bicyclic) bond motifs is 1. The minimum atomic E-state index is -0.363. The molecule has 1 aliphatic rings. The number of ketones is 1. The standard InChI is InChI=1S/C16H13FO3/c1-9-7-14-15(20-10(2)19-14)8-13(9)16(18)11-3-5-12(17)6-4-11/h3-8,10H,1-2H3. The van der Waals surface area contributed by atoms with E-state index in [0.717, 1.165) is 5.56 Å². The van der Waals surface area contributed by atoms with Gasteiger partial charge in [-0.25, -0.2) is 4.39 Å². The van der Waals surface area contributed by atoms with Gasteiger partial charge in [0, 0.05) is 18.1 Å². The molecule has 0 spiro atoms. The Labute approximate surface area is 115 Å². The number of rotatable bonds is 2. The molecule has 3 rings (SSSR count). The predicted octanol–water partition coefficient (Wildman–Crippen LogP) is 3.48. The zero-order valence-electron chi connectivity index (χ0n) is 11.1. The summed E-state index contributed by atoms with van der Waals surface area (Å²) < 4.78 is 23.8. The van der Waals surface area contributed by atoms with Crippen molar-refractivity contribution in [1.82, 2.24) is 0 Å². The van der Waals surface area contributed by atoms with Gasteiger partial charge in [-0.3, -0.25) is 4.79 Å². The number of carbonyl (C=O) groups is 1. The minimum absolute atomic E-state index is 0.159. The quantitative estimate of drug-likeness (QED) is 0.785. The maximum Gasteiger partial charge on any atom is 0.238 e. The molecule has 0 aliphatic carbocycles.